The smallest absolute Gasteiger partial charge is 0.315 e. The van der Waals surface area contributed by atoms with Gasteiger partial charge in [0.1, 0.15) is 0 Å². The SMILES string of the molecule is CCOC(=O)C1CC(C)c2cc(Br)cnc21. The fourth-order valence-electron chi connectivity index (χ4n) is 2.19. The normalized spacial score (nSPS) is 22.9. The Bertz CT molecular complexity index is 419. The Balaban J connectivity index is 2.32. The van der Waals surface area contributed by atoms with Crippen molar-refractivity contribution >= 4 is 21.9 Å². The minimum atomic E-state index is -0.182. The first kappa shape index (κ1) is 11.6. The molecule has 86 valence electrons. The van der Waals surface area contributed by atoms with E-state index in [1.54, 1.807) is 6.20 Å². The molecular weight excluding hydrogens is 270 g/mol. The van der Waals surface area contributed by atoms with Gasteiger partial charge in [0.2, 0.25) is 0 Å². The van der Waals surface area contributed by atoms with Crippen molar-refractivity contribution in [1.82, 2.24) is 4.98 Å². The first-order valence-corrected chi connectivity index (χ1v) is 6.24. The van der Waals surface area contributed by atoms with E-state index in [1.165, 1.54) is 0 Å². The molecule has 0 N–H and O–H groups in total. The average Bonchev–Trinajstić information content (AvgIpc) is 2.56. The molecule has 4 heteroatoms. The minimum Gasteiger partial charge on any atom is -0.465 e. The van der Waals surface area contributed by atoms with E-state index < -0.39 is 0 Å². The number of rotatable bonds is 2. The number of hydrogen-bond acceptors (Lipinski definition) is 3. The molecule has 1 aromatic heterocycles. The summed E-state index contributed by atoms with van der Waals surface area (Å²) >= 11 is 3.40. The highest BCUT2D eigenvalue weighted by Gasteiger charge is 2.35. The monoisotopic (exact) mass is 283 g/mol. The van der Waals surface area contributed by atoms with Crippen LogP contribution in [0.15, 0.2) is 16.7 Å². The third-order valence-electron chi connectivity index (χ3n) is 2.94. The topological polar surface area (TPSA) is 39.2 Å². The summed E-state index contributed by atoms with van der Waals surface area (Å²) in [6.45, 7) is 4.37. The van der Waals surface area contributed by atoms with Crippen LogP contribution in [0.5, 0.6) is 0 Å². The van der Waals surface area contributed by atoms with Gasteiger partial charge in [0.15, 0.2) is 0 Å². The predicted octanol–water partition coefficient (Wildman–Crippen LogP) is 3.00. The Hall–Kier alpha value is -0.900. The molecule has 2 atom stereocenters. The van der Waals surface area contributed by atoms with E-state index >= 15 is 0 Å². The largest absolute Gasteiger partial charge is 0.465 e. The van der Waals surface area contributed by atoms with Crippen molar-refractivity contribution < 1.29 is 9.53 Å². The van der Waals surface area contributed by atoms with Crippen LogP contribution in [0.25, 0.3) is 0 Å². The maximum Gasteiger partial charge on any atom is 0.315 e. The standard InChI is InChI=1S/C12H14BrNO2/c1-3-16-12(15)10-4-7(2)9-5-8(13)6-14-11(9)10/h5-7,10H,3-4H2,1-2H3. The summed E-state index contributed by atoms with van der Waals surface area (Å²) in [5.74, 6) is 0.0374. The highest BCUT2D eigenvalue weighted by Crippen LogP contribution is 2.41. The van der Waals surface area contributed by atoms with Crippen molar-refractivity contribution in [3.8, 4) is 0 Å². The third kappa shape index (κ3) is 1.98. The summed E-state index contributed by atoms with van der Waals surface area (Å²) < 4.78 is 6.03. The van der Waals surface area contributed by atoms with Crippen LogP contribution in [0.2, 0.25) is 0 Å². The van der Waals surface area contributed by atoms with Crippen LogP contribution in [-0.4, -0.2) is 17.6 Å². The maximum absolute atomic E-state index is 11.8. The van der Waals surface area contributed by atoms with Crippen LogP contribution in [0.3, 0.4) is 0 Å². The Kier molecular flexibility index (Phi) is 3.28. The van der Waals surface area contributed by atoms with Crippen LogP contribution in [0.4, 0.5) is 0 Å². The van der Waals surface area contributed by atoms with Gasteiger partial charge in [-0.1, -0.05) is 6.92 Å². The van der Waals surface area contributed by atoms with Gasteiger partial charge in [-0.3, -0.25) is 9.78 Å². The summed E-state index contributed by atoms with van der Waals surface area (Å²) in [5, 5.41) is 0. The molecule has 1 aliphatic rings. The molecule has 0 bridgehead atoms. The van der Waals surface area contributed by atoms with Crippen LogP contribution < -0.4 is 0 Å². The molecule has 3 nitrogen and oxygen atoms in total. The second-order valence-electron chi connectivity index (χ2n) is 4.07. The van der Waals surface area contributed by atoms with E-state index in [9.17, 15) is 4.79 Å². The molecule has 1 aromatic rings. The molecule has 0 aromatic carbocycles. The molecule has 0 spiro atoms. The van der Waals surface area contributed by atoms with Gasteiger partial charge in [-0.25, -0.2) is 0 Å². The van der Waals surface area contributed by atoms with Crippen LogP contribution in [-0.2, 0) is 9.53 Å². The number of halogens is 1. The van der Waals surface area contributed by atoms with Crippen molar-refractivity contribution in [2.24, 2.45) is 0 Å². The minimum absolute atomic E-state index is 0.150. The van der Waals surface area contributed by atoms with E-state index in [1.807, 2.05) is 13.0 Å². The molecule has 16 heavy (non-hydrogen) atoms. The van der Waals surface area contributed by atoms with Gasteiger partial charge in [0.25, 0.3) is 0 Å². The highest BCUT2D eigenvalue weighted by atomic mass is 79.9. The zero-order valence-corrected chi connectivity index (χ0v) is 11.0. The molecule has 2 rings (SSSR count). The van der Waals surface area contributed by atoms with Gasteiger partial charge in [-0.2, -0.15) is 0 Å². The molecule has 1 aliphatic carbocycles. The van der Waals surface area contributed by atoms with Gasteiger partial charge in [0.05, 0.1) is 18.2 Å². The third-order valence-corrected chi connectivity index (χ3v) is 3.37. The second kappa shape index (κ2) is 4.53. The van der Waals surface area contributed by atoms with E-state index in [2.05, 4.69) is 27.8 Å². The number of hydrogen-bond donors (Lipinski definition) is 0. The number of fused-ring (bicyclic) bond motifs is 1. The van der Waals surface area contributed by atoms with Crippen molar-refractivity contribution in [2.45, 2.75) is 32.1 Å². The van der Waals surface area contributed by atoms with E-state index in [0.29, 0.717) is 12.5 Å². The number of pyridine rings is 1. The number of esters is 1. The Labute approximate surface area is 103 Å². The predicted molar refractivity (Wildman–Crippen MR) is 64.3 cm³/mol. The Morgan fingerprint density at radius 3 is 3.12 bits per heavy atom. The fraction of sp³-hybridized carbons (Fsp3) is 0.500. The second-order valence-corrected chi connectivity index (χ2v) is 4.99. The van der Waals surface area contributed by atoms with Crippen LogP contribution in [0.1, 0.15) is 43.4 Å². The molecule has 0 aliphatic heterocycles. The quantitative estimate of drug-likeness (QED) is 0.784. The Morgan fingerprint density at radius 2 is 2.44 bits per heavy atom. The van der Waals surface area contributed by atoms with Crippen molar-refractivity contribution in [1.29, 1.82) is 0 Å². The lowest BCUT2D eigenvalue weighted by Gasteiger charge is -2.09. The number of carbonyl (C=O) groups is 1. The van der Waals surface area contributed by atoms with Crippen molar-refractivity contribution in [3.63, 3.8) is 0 Å². The van der Waals surface area contributed by atoms with Gasteiger partial charge >= 0.3 is 5.97 Å². The van der Waals surface area contributed by atoms with Gasteiger partial charge in [0, 0.05) is 10.7 Å². The molecule has 0 fully saturated rings. The molecule has 1 heterocycles. The van der Waals surface area contributed by atoms with E-state index in [0.717, 1.165) is 22.2 Å². The number of aromatic nitrogens is 1. The van der Waals surface area contributed by atoms with Gasteiger partial charge in [-0.05, 0) is 46.8 Å². The first-order chi connectivity index (χ1) is 7.63. The lowest BCUT2D eigenvalue weighted by atomic mass is 10.0. The summed E-state index contributed by atoms with van der Waals surface area (Å²) in [6.07, 6.45) is 2.54. The average molecular weight is 284 g/mol. The molecule has 0 saturated carbocycles. The molecular formula is C12H14BrNO2. The number of carbonyl (C=O) groups excluding carboxylic acids is 1. The number of ether oxygens (including phenoxy) is 1. The maximum atomic E-state index is 11.8. The van der Waals surface area contributed by atoms with E-state index in [4.69, 9.17) is 4.74 Å². The van der Waals surface area contributed by atoms with E-state index in [-0.39, 0.29) is 11.9 Å². The Morgan fingerprint density at radius 1 is 1.69 bits per heavy atom. The zero-order valence-electron chi connectivity index (χ0n) is 9.37. The van der Waals surface area contributed by atoms with Crippen molar-refractivity contribution in [2.75, 3.05) is 6.61 Å². The molecule has 0 saturated heterocycles. The first-order valence-electron chi connectivity index (χ1n) is 5.45. The van der Waals surface area contributed by atoms with Gasteiger partial charge in [-0.15, -0.1) is 0 Å². The summed E-state index contributed by atoms with van der Waals surface area (Å²) in [5.41, 5.74) is 2.04. The van der Waals surface area contributed by atoms with Crippen LogP contribution in [0, 0.1) is 0 Å². The summed E-state index contributed by atoms with van der Waals surface area (Å²) in [6, 6.07) is 2.05. The lowest BCUT2D eigenvalue weighted by Crippen LogP contribution is -2.14. The fourth-order valence-corrected chi connectivity index (χ4v) is 2.54. The summed E-state index contributed by atoms with van der Waals surface area (Å²) in [7, 11) is 0. The molecule has 2 unspecified atom stereocenters. The molecule has 0 radical (unpaired) electrons. The van der Waals surface area contributed by atoms with Gasteiger partial charge < -0.3 is 4.74 Å². The molecule has 0 amide bonds. The summed E-state index contributed by atoms with van der Waals surface area (Å²) in [4.78, 5) is 16.1. The zero-order chi connectivity index (χ0) is 11.7. The van der Waals surface area contributed by atoms with Crippen LogP contribution >= 0.6 is 15.9 Å². The highest BCUT2D eigenvalue weighted by molar-refractivity contribution is 9.10. The lowest BCUT2D eigenvalue weighted by molar-refractivity contribution is -0.145. The number of nitrogens with zero attached hydrogens (tertiary/aromatic N) is 1. The van der Waals surface area contributed by atoms with Crippen molar-refractivity contribution in [3.05, 3.63) is 28.0 Å².